The second-order valence-electron chi connectivity index (χ2n) is 7.21. The van der Waals surface area contributed by atoms with E-state index in [-0.39, 0.29) is 17.8 Å². The fourth-order valence-electron chi connectivity index (χ4n) is 3.98. The summed E-state index contributed by atoms with van der Waals surface area (Å²) in [4.78, 5) is 37.1. The number of methoxy groups -OCH3 is 1. The zero-order valence-corrected chi connectivity index (χ0v) is 16.8. The molecule has 0 spiro atoms. The predicted molar refractivity (Wildman–Crippen MR) is 108 cm³/mol. The minimum Gasteiger partial charge on any atom is -0.465 e. The summed E-state index contributed by atoms with van der Waals surface area (Å²) >= 11 is 1.53. The highest BCUT2D eigenvalue weighted by Gasteiger charge is 2.30. The molecule has 3 heterocycles. The van der Waals surface area contributed by atoms with Gasteiger partial charge in [0.2, 0.25) is 11.9 Å². The van der Waals surface area contributed by atoms with E-state index < -0.39 is 0 Å². The molecular weight excluding hydrogens is 376 g/mol. The van der Waals surface area contributed by atoms with Crippen LogP contribution >= 0.6 is 11.3 Å². The number of piperidine rings is 1. The van der Waals surface area contributed by atoms with Crippen molar-refractivity contribution in [2.75, 3.05) is 30.4 Å². The van der Waals surface area contributed by atoms with Crippen molar-refractivity contribution in [2.24, 2.45) is 5.92 Å². The van der Waals surface area contributed by atoms with Crippen LogP contribution in [0.25, 0.3) is 0 Å². The van der Waals surface area contributed by atoms with Crippen molar-refractivity contribution < 1.29 is 14.3 Å². The van der Waals surface area contributed by atoms with Gasteiger partial charge in [0.15, 0.2) is 0 Å². The molecule has 1 amide bonds. The molecule has 0 bridgehead atoms. The molecule has 1 N–H and O–H groups in total. The summed E-state index contributed by atoms with van der Waals surface area (Å²) in [6, 6.07) is 1.79. The number of rotatable bonds is 4. The fraction of sp³-hybridized carbons (Fsp3) is 0.500. The average Bonchev–Trinajstić information content (AvgIpc) is 3.11. The van der Waals surface area contributed by atoms with Crippen LogP contribution in [0.1, 0.15) is 46.5 Å². The van der Waals surface area contributed by atoms with E-state index in [2.05, 4.69) is 20.2 Å². The summed E-state index contributed by atoms with van der Waals surface area (Å²) in [7, 11) is 1.39. The highest BCUT2D eigenvalue weighted by molar-refractivity contribution is 7.17. The lowest BCUT2D eigenvalue weighted by Gasteiger charge is -2.31. The Balaban J connectivity index is 1.44. The summed E-state index contributed by atoms with van der Waals surface area (Å²) in [5.74, 6) is 0.257. The standard InChI is InChI=1S/C20H24N4O3S/c1-27-19(26)16-14-5-2-3-6-15(14)28-18(16)23-17(25)13-7-11-24(12-8-13)20-21-9-4-10-22-20/h4,9-10,13H,2-3,5-8,11-12H2,1H3,(H,23,25). The molecule has 2 aliphatic rings. The molecule has 4 rings (SSSR count). The van der Waals surface area contributed by atoms with E-state index >= 15 is 0 Å². The van der Waals surface area contributed by atoms with Crippen molar-refractivity contribution in [1.29, 1.82) is 0 Å². The van der Waals surface area contributed by atoms with Crippen LogP contribution in [0.5, 0.6) is 0 Å². The monoisotopic (exact) mass is 400 g/mol. The number of aryl methyl sites for hydroxylation is 1. The van der Waals surface area contributed by atoms with Crippen LogP contribution < -0.4 is 10.2 Å². The molecule has 0 atom stereocenters. The third-order valence-electron chi connectivity index (χ3n) is 5.50. The number of nitrogens with zero attached hydrogens (tertiary/aromatic N) is 3. The van der Waals surface area contributed by atoms with Crippen molar-refractivity contribution in [3.63, 3.8) is 0 Å². The van der Waals surface area contributed by atoms with Gasteiger partial charge in [-0.15, -0.1) is 11.3 Å². The van der Waals surface area contributed by atoms with Crippen LogP contribution in [0.2, 0.25) is 0 Å². The Morgan fingerprint density at radius 2 is 1.89 bits per heavy atom. The zero-order chi connectivity index (χ0) is 19.5. The summed E-state index contributed by atoms with van der Waals surface area (Å²) in [5, 5.41) is 3.69. The Kier molecular flexibility index (Phi) is 5.57. The highest BCUT2D eigenvalue weighted by Crippen LogP contribution is 2.39. The number of anilines is 2. The van der Waals surface area contributed by atoms with Gasteiger partial charge in [0.25, 0.3) is 0 Å². The lowest BCUT2D eigenvalue weighted by atomic mass is 9.94. The molecule has 1 aliphatic carbocycles. The van der Waals surface area contributed by atoms with Gasteiger partial charge in [0.05, 0.1) is 12.7 Å². The number of thiophene rings is 1. The number of carbonyl (C=O) groups excluding carboxylic acids is 2. The molecule has 0 radical (unpaired) electrons. The second-order valence-corrected chi connectivity index (χ2v) is 8.31. The van der Waals surface area contributed by atoms with E-state index in [4.69, 9.17) is 4.74 Å². The molecule has 2 aromatic heterocycles. The number of carbonyl (C=O) groups is 2. The van der Waals surface area contributed by atoms with Gasteiger partial charge in [-0.2, -0.15) is 0 Å². The van der Waals surface area contributed by atoms with Crippen molar-refractivity contribution >= 4 is 34.2 Å². The van der Waals surface area contributed by atoms with Crippen LogP contribution in [0.4, 0.5) is 10.9 Å². The number of esters is 1. The number of nitrogens with one attached hydrogen (secondary N) is 1. The maximum absolute atomic E-state index is 12.9. The van der Waals surface area contributed by atoms with E-state index in [0.717, 1.165) is 57.2 Å². The van der Waals surface area contributed by atoms with Gasteiger partial charge < -0.3 is 15.0 Å². The first kappa shape index (κ1) is 18.9. The minimum absolute atomic E-state index is 0.0163. The lowest BCUT2D eigenvalue weighted by Crippen LogP contribution is -2.39. The first-order valence-corrected chi connectivity index (χ1v) is 10.5. The van der Waals surface area contributed by atoms with E-state index in [1.807, 2.05) is 0 Å². The Hall–Kier alpha value is -2.48. The zero-order valence-electron chi connectivity index (χ0n) is 15.9. The predicted octanol–water partition coefficient (Wildman–Crippen LogP) is 3.06. The Morgan fingerprint density at radius 3 is 2.61 bits per heavy atom. The molecule has 1 aliphatic heterocycles. The van der Waals surface area contributed by atoms with Gasteiger partial charge in [0, 0.05) is 36.3 Å². The molecule has 148 valence electrons. The number of hydrogen-bond acceptors (Lipinski definition) is 7. The number of fused-ring (bicyclic) bond motifs is 1. The van der Waals surface area contributed by atoms with E-state index in [1.54, 1.807) is 18.5 Å². The smallest absolute Gasteiger partial charge is 0.341 e. The topological polar surface area (TPSA) is 84.4 Å². The first-order chi connectivity index (χ1) is 13.7. The Labute approximate surface area is 168 Å². The first-order valence-electron chi connectivity index (χ1n) is 9.73. The van der Waals surface area contributed by atoms with E-state index in [1.165, 1.54) is 23.3 Å². The molecule has 0 saturated carbocycles. The van der Waals surface area contributed by atoms with Crippen LogP contribution in [0.3, 0.4) is 0 Å². The molecule has 0 unspecified atom stereocenters. The van der Waals surface area contributed by atoms with Gasteiger partial charge in [-0.3, -0.25) is 4.79 Å². The number of amides is 1. The maximum Gasteiger partial charge on any atom is 0.341 e. The van der Waals surface area contributed by atoms with Crippen molar-refractivity contribution in [2.45, 2.75) is 38.5 Å². The third kappa shape index (κ3) is 3.73. The number of ether oxygens (including phenoxy) is 1. The molecule has 28 heavy (non-hydrogen) atoms. The Morgan fingerprint density at radius 1 is 1.18 bits per heavy atom. The molecule has 8 heteroatoms. The largest absolute Gasteiger partial charge is 0.465 e. The van der Waals surface area contributed by atoms with Gasteiger partial charge in [-0.1, -0.05) is 0 Å². The van der Waals surface area contributed by atoms with Crippen molar-refractivity contribution in [3.8, 4) is 0 Å². The van der Waals surface area contributed by atoms with Gasteiger partial charge >= 0.3 is 5.97 Å². The van der Waals surface area contributed by atoms with Gasteiger partial charge in [-0.05, 0) is 50.2 Å². The quantitative estimate of drug-likeness (QED) is 0.794. The Bertz CT molecular complexity index is 860. The van der Waals surface area contributed by atoms with Crippen molar-refractivity contribution in [1.82, 2.24) is 9.97 Å². The molecule has 7 nitrogen and oxygen atoms in total. The summed E-state index contributed by atoms with van der Waals surface area (Å²) in [6.07, 6.45) is 8.98. The highest BCUT2D eigenvalue weighted by atomic mass is 32.1. The number of hydrogen-bond donors (Lipinski definition) is 1. The van der Waals surface area contributed by atoms with Crippen LogP contribution in [-0.4, -0.2) is 42.0 Å². The van der Waals surface area contributed by atoms with Gasteiger partial charge in [0.1, 0.15) is 5.00 Å². The summed E-state index contributed by atoms with van der Waals surface area (Å²) in [5.41, 5.74) is 1.63. The molecule has 1 fully saturated rings. The second kappa shape index (κ2) is 8.26. The average molecular weight is 401 g/mol. The van der Waals surface area contributed by atoms with E-state index in [9.17, 15) is 9.59 Å². The van der Waals surface area contributed by atoms with Crippen molar-refractivity contribution in [3.05, 3.63) is 34.5 Å². The van der Waals surface area contributed by atoms with Gasteiger partial charge in [-0.25, -0.2) is 14.8 Å². The maximum atomic E-state index is 12.9. The normalized spacial score (nSPS) is 17.1. The minimum atomic E-state index is -0.356. The fourth-order valence-corrected chi connectivity index (χ4v) is 5.26. The molecule has 1 saturated heterocycles. The number of aromatic nitrogens is 2. The molecule has 0 aromatic carbocycles. The van der Waals surface area contributed by atoms with Crippen LogP contribution in [0, 0.1) is 5.92 Å². The van der Waals surface area contributed by atoms with Crippen LogP contribution in [-0.2, 0) is 22.4 Å². The SMILES string of the molecule is COC(=O)c1c(NC(=O)C2CCN(c3ncccn3)CC2)sc2c1CCCC2. The lowest BCUT2D eigenvalue weighted by molar-refractivity contribution is -0.120. The van der Waals surface area contributed by atoms with E-state index in [0.29, 0.717) is 16.5 Å². The third-order valence-corrected chi connectivity index (χ3v) is 6.71. The summed E-state index contributed by atoms with van der Waals surface area (Å²) in [6.45, 7) is 1.49. The molecular formula is C20H24N4O3S. The van der Waals surface area contributed by atoms with Crippen LogP contribution in [0.15, 0.2) is 18.5 Å². The summed E-state index contributed by atoms with van der Waals surface area (Å²) < 4.78 is 4.99. The molecule has 2 aromatic rings.